The van der Waals surface area contributed by atoms with Crippen molar-refractivity contribution in [2.45, 2.75) is 6.61 Å². The second kappa shape index (κ2) is 7.96. The monoisotopic (exact) mass is 426 g/mol. The van der Waals surface area contributed by atoms with Gasteiger partial charge in [0.1, 0.15) is 12.4 Å². The fourth-order valence-electron chi connectivity index (χ4n) is 1.90. The Kier molecular flexibility index (Phi) is 5.97. The molecule has 0 N–H and O–H groups in total. The molecule has 0 aromatic heterocycles. The quantitative estimate of drug-likeness (QED) is 0.542. The minimum atomic E-state index is -0.410. The molecular formula is C17H15IO5. The molecule has 0 fully saturated rings. The van der Waals surface area contributed by atoms with E-state index in [1.165, 1.54) is 14.2 Å². The molecule has 0 aliphatic heterocycles. The Hall–Kier alpha value is -2.09. The summed E-state index contributed by atoms with van der Waals surface area (Å²) >= 11 is 2.14. The number of methoxy groups -OCH3 is 2. The van der Waals surface area contributed by atoms with E-state index in [-0.39, 0.29) is 5.97 Å². The van der Waals surface area contributed by atoms with Crippen LogP contribution in [0.15, 0.2) is 42.5 Å². The van der Waals surface area contributed by atoms with Gasteiger partial charge in [0.2, 0.25) is 0 Å². The van der Waals surface area contributed by atoms with E-state index < -0.39 is 5.97 Å². The van der Waals surface area contributed by atoms with Gasteiger partial charge in [0.05, 0.1) is 25.3 Å². The fraction of sp³-hybridized carbons (Fsp3) is 0.176. The molecule has 5 nitrogen and oxygen atoms in total. The molecule has 0 heterocycles. The zero-order chi connectivity index (χ0) is 16.8. The van der Waals surface area contributed by atoms with Crippen molar-refractivity contribution in [1.82, 2.24) is 0 Å². The van der Waals surface area contributed by atoms with Crippen LogP contribution >= 0.6 is 22.6 Å². The summed E-state index contributed by atoms with van der Waals surface area (Å²) in [5.74, 6) is -0.214. The van der Waals surface area contributed by atoms with E-state index in [2.05, 4.69) is 32.1 Å². The minimum absolute atomic E-state index is 0.324. The zero-order valence-corrected chi connectivity index (χ0v) is 14.8. The van der Waals surface area contributed by atoms with E-state index in [9.17, 15) is 9.59 Å². The first kappa shape index (κ1) is 17.3. The van der Waals surface area contributed by atoms with Crippen LogP contribution in [0.5, 0.6) is 5.75 Å². The molecule has 0 amide bonds. The van der Waals surface area contributed by atoms with Gasteiger partial charge in [0.25, 0.3) is 0 Å². The van der Waals surface area contributed by atoms with Crippen molar-refractivity contribution < 1.29 is 23.8 Å². The molecule has 0 spiro atoms. The Morgan fingerprint density at radius 1 is 0.957 bits per heavy atom. The summed E-state index contributed by atoms with van der Waals surface area (Å²) in [6.07, 6.45) is 0. The number of esters is 2. The van der Waals surface area contributed by atoms with Crippen molar-refractivity contribution >= 4 is 34.5 Å². The van der Waals surface area contributed by atoms with Crippen LogP contribution in [-0.4, -0.2) is 26.2 Å². The van der Waals surface area contributed by atoms with Crippen LogP contribution in [0.2, 0.25) is 0 Å². The first-order valence-electron chi connectivity index (χ1n) is 6.73. The SMILES string of the molecule is COC(=O)c1cccc(OCc2ccc(C(=O)OC)cc2I)c1. The van der Waals surface area contributed by atoms with E-state index in [0.717, 1.165) is 9.13 Å². The number of benzene rings is 2. The van der Waals surface area contributed by atoms with Crippen LogP contribution < -0.4 is 4.74 Å². The van der Waals surface area contributed by atoms with Crippen LogP contribution in [-0.2, 0) is 16.1 Å². The van der Waals surface area contributed by atoms with Crippen molar-refractivity contribution in [3.8, 4) is 5.75 Å². The van der Waals surface area contributed by atoms with Gasteiger partial charge in [-0.2, -0.15) is 0 Å². The Morgan fingerprint density at radius 3 is 2.22 bits per heavy atom. The highest BCUT2D eigenvalue weighted by molar-refractivity contribution is 14.1. The van der Waals surface area contributed by atoms with Gasteiger partial charge in [0.15, 0.2) is 0 Å². The van der Waals surface area contributed by atoms with Gasteiger partial charge in [-0.15, -0.1) is 0 Å². The van der Waals surface area contributed by atoms with Gasteiger partial charge in [-0.25, -0.2) is 9.59 Å². The standard InChI is InChI=1S/C17H15IO5/c1-21-16(19)11-4-3-5-14(8-11)23-10-13-7-6-12(9-15(13)18)17(20)22-2/h3-9H,10H2,1-2H3. The van der Waals surface area contributed by atoms with Gasteiger partial charge >= 0.3 is 11.9 Å². The first-order chi connectivity index (χ1) is 11.0. The van der Waals surface area contributed by atoms with Gasteiger partial charge in [-0.3, -0.25) is 0 Å². The number of halogens is 1. The molecule has 0 aliphatic rings. The fourth-order valence-corrected chi connectivity index (χ4v) is 2.57. The molecule has 2 aromatic carbocycles. The molecule has 0 saturated heterocycles. The topological polar surface area (TPSA) is 61.8 Å². The Bertz CT molecular complexity index is 727. The number of carbonyl (C=O) groups excluding carboxylic acids is 2. The van der Waals surface area contributed by atoms with Crippen LogP contribution in [0, 0.1) is 3.57 Å². The van der Waals surface area contributed by atoms with Crippen molar-refractivity contribution in [1.29, 1.82) is 0 Å². The second-order valence-electron chi connectivity index (χ2n) is 4.61. The highest BCUT2D eigenvalue weighted by atomic mass is 127. The van der Waals surface area contributed by atoms with E-state index in [0.29, 0.717) is 23.5 Å². The maximum Gasteiger partial charge on any atom is 0.337 e. The Balaban J connectivity index is 2.09. The second-order valence-corrected chi connectivity index (χ2v) is 5.77. The predicted octanol–water partition coefficient (Wildman–Crippen LogP) is 3.44. The summed E-state index contributed by atoms with van der Waals surface area (Å²) in [5.41, 5.74) is 1.86. The number of hydrogen-bond donors (Lipinski definition) is 0. The van der Waals surface area contributed by atoms with E-state index in [1.54, 1.807) is 36.4 Å². The number of ether oxygens (including phenoxy) is 3. The minimum Gasteiger partial charge on any atom is -0.489 e. The van der Waals surface area contributed by atoms with Gasteiger partial charge in [-0.1, -0.05) is 12.1 Å². The van der Waals surface area contributed by atoms with E-state index in [1.807, 2.05) is 6.07 Å². The average molecular weight is 426 g/mol. The lowest BCUT2D eigenvalue weighted by Crippen LogP contribution is -2.05. The molecule has 2 rings (SSSR count). The lowest BCUT2D eigenvalue weighted by atomic mass is 10.1. The highest BCUT2D eigenvalue weighted by Gasteiger charge is 2.10. The molecule has 23 heavy (non-hydrogen) atoms. The Morgan fingerprint density at radius 2 is 1.61 bits per heavy atom. The summed E-state index contributed by atoms with van der Waals surface area (Å²) in [5, 5.41) is 0. The van der Waals surface area contributed by atoms with Crippen molar-refractivity contribution in [3.63, 3.8) is 0 Å². The van der Waals surface area contributed by atoms with Crippen LogP contribution in [0.3, 0.4) is 0 Å². The number of carbonyl (C=O) groups is 2. The summed E-state index contributed by atoms with van der Waals surface area (Å²) in [7, 11) is 2.68. The lowest BCUT2D eigenvalue weighted by Gasteiger charge is -2.10. The lowest BCUT2D eigenvalue weighted by molar-refractivity contribution is 0.0591. The molecule has 120 valence electrons. The third kappa shape index (κ3) is 4.44. The predicted molar refractivity (Wildman–Crippen MR) is 92.6 cm³/mol. The molecule has 0 unspecified atom stereocenters. The summed E-state index contributed by atoms with van der Waals surface area (Å²) in [4.78, 5) is 23.0. The van der Waals surface area contributed by atoms with Crippen molar-refractivity contribution in [2.24, 2.45) is 0 Å². The molecule has 0 saturated carbocycles. The van der Waals surface area contributed by atoms with E-state index in [4.69, 9.17) is 4.74 Å². The summed E-state index contributed by atoms with van der Waals surface area (Å²) in [6, 6.07) is 12.0. The van der Waals surface area contributed by atoms with Gasteiger partial charge < -0.3 is 14.2 Å². The maximum atomic E-state index is 11.5. The average Bonchev–Trinajstić information content (AvgIpc) is 2.59. The number of rotatable bonds is 5. The molecule has 0 bridgehead atoms. The smallest absolute Gasteiger partial charge is 0.337 e. The summed E-state index contributed by atoms with van der Waals surface area (Å²) < 4.78 is 16.0. The highest BCUT2D eigenvalue weighted by Crippen LogP contribution is 2.19. The molecule has 2 aromatic rings. The van der Waals surface area contributed by atoms with Crippen LogP contribution in [0.25, 0.3) is 0 Å². The molecular weight excluding hydrogens is 411 g/mol. The van der Waals surface area contributed by atoms with Crippen molar-refractivity contribution in [2.75, 3.05) is 14.2 Å². The van der Waals surface area contributed by atoms with Gasteiger partial charge in [0, 0.05) is 9.13 Å². The van der Waals surface area contributed by atoms with Crippen LogP contribution in [0.4, 0.5) is 0 Å². The third-order valence-corrected chi connectivity index (χ3v) is 4.13. The zero-order valence-electron chi connectivity index (χ0n) is 12.7. The number of hydrogen-bond acceptors (Lipinski definition) is 5. The van der Waals surface area contributed by atoms with Gasteiger partial charge in [-0.05, 0) is 52.9 Å². The maximum absolute atomic E-state index is 11.5. The largest absolute Gasteiger partial charge is 0.489 e. The van der Waals surface area contributed by atoms with Crippen LogP contribution in [0.1, 0.15) is 26.3 Å². The molecule has 0 aliphatic carbocycles. The van der Waals surface area contributed by atoms with E-state index >= 15 is 0 Å². The normalized spacial score (nSPS) is 10.0. The molecule has 0 radical (unpaired) electrons. The Labute approximate surface area is 147 Å². The summed E-state index contributed by atoms with van der Waals surface area (Å²) in [6.45, 7) is 0.324. The third-order valence-electron chi connectivity index (χ3n) is 3.12. The molecule has 6 heteroatoms. The van der Waals surface area contributed by atoms with Crippen molar-refractivity contribution in [3.05, 3.63) is 62.7 Å². The molecule has 0 atom stereocenters. The first-order valence-corrected chi connectivity index (χ1v) is 7.81.